The number of carbonyl (C=O) groups is 2. The van der Waals surface area contributed by atoms with E-state index in [1.165, 1.54) is 16.7 Å². The Labute approximate surface area is 208 Å². The summed E-state index contributed by atoms with van der Waals surface area (Å²) < 4.78 is 6.29. The molecule has 3 aromatic rings. The van der Waals surface area contributed by atoms with Gasteiger partial charge in [0, 0.05) is 11.3 Å². The van der Waals surface area contributed by atoms with Gasteiger partial charge in [0.25, 0.3) is 11.8 Å². The molecule has 7 heteroatoms. The zero-order valence-electron chi connectivity index (χ0n) is 19.1. The summed E-state index contributed by atoms with van der Waals surface area (Å²) in [6.07, 6.45) is 1.76. The van der Waals surface area contributed by atoms with E-state index in [1.807, 2.05) is 81.4 Å². The van der Waals surface area contributed by atoms with Crippen LogP contribution in [0.15, 0.2) is 71.6 Å². The second kappa shape index (κ2) is 10.2. The molecule has 0 saturated carbocycles. The molecule has 0 unspecified atom stereocenters. The zero-order valence-corrected chi connectivity index (χ0v) is 20.8. The van der Waals surface area contributed by atoms with Crippen LogP contribution in [0.1, 0.15) is 22.3 Å². The van der Waals surface area contributed by atoms with Gasteiger partial charge in [0.05, 0.1) is 10.6 Å². The summed E-state index contributed by atoms with van der Waals surface area (Å²) in [5, 5.41) is 2.89. The van der Waals surface area contributed by atoms with Gasteiger partial charge in [-0.1, -0.05) is 72.0 Å². The lowest BCUT2D eigenvalue weighted by molar-refractivity contribution is -0.118. The summed E-state index contributed by atoms with van der Waals surface area (Å²) in [5.41, 5.74) is 5.44. The molecular weight excluding hydrogens is 464 g/mol. The van der Waals surface area contributed by atoms with Crippen molar-refractivity contribution in [2.24, 2.45) is 0 Å². The first kappa shape index (κ1) is 23.7. The Kier molecular flexibility index (Phi) is 7.14. The fourth-order valence-corrected chi connectivity index (χ4v) is 4.76. The second-order valence-electron chi connectivity index (χ2n) is 7.97. The number of hydrogen-bond donors (Lipinski definition) is 1. The van der Waals surface area contributed by atoms with Crippen LogP contribution in [-0.2, 0) is 9.59 Å². The predicted molar refractivity (Wildman–Crippen MR) is 143 cm³/mol. The maximum atomic E-state index is 13.1. The Morgan fingerprint density at radius 2 is 1.76 bits per heavy atom. The maximum absolute atomic E-state index is 13.1. The van der Waals surface area contributed by atoms with Gasteiger partial charge in [-0.3, -0.25) is 14.5 Å². The fourth-order valence-electron chi connectivity index (χ4n) is 3.47. The van der Waals surface area contributed by atoms with Crippen LogP contribution in [0.25, 0.3) is 6.08 Å². The van der Waals surface area contributed by atoms with Crippen LogP contribution in [0.5, 0.6) is 5.75 Å². The molecule has 4 rings (SSSR count). The number of thioether (sulfide) groups is 1. The highest BCUT2D eigenvalue weighted by atomic mass is 32.2. The number of thiocarbonyl (C=S) groups is 1. The SMILES string of the molecule is Cc1ccc(N2C(=O)/C(=C/c3ccccc3OCC(=O)Nc3cccc(C)c3C)SC2=S)cc1. The van der Waals surface area contributed by atoms with Gasteiger partial charge in [-0.2, -0.15) is 0 Å². The van der Waals surface area contributed by atoms with Gasteiger partial charge in [0.2, 0.25) is 0 Å². The summed E-state index contributed by atoms with van der Waals surface area (Å²) in [4.78, 5) is 27.6. The Hall–Kier alpha value is -3.42. The minimum atomic E-state index is -0.255. The minimum Gasteiger partial charge on any atom is -0.483 e. The molecule has 0 aromatic heterocycles. The Balaban J connectivity index is 1.48. The highest BCUT2D eigenvalue weighted by Gasteiger charge is 2.33. The first-order valence-corrected chi connectivity index (χ1v) is 12.0. The van der Waals surface area contributed by atoms with E-state index in [4.69, 9.17) is 17.0 Å². The Morgan fingerprint density at radius 3 is 2.53 bits per heavy atom. The molecule has 5 nitrogen and oxygen atoms in total. The number of rotatable bonds is 6. The number of nitrogens with one attached hydrogen (secondary N) is 1. The third kappa shape index (κ3) is 5.21. The number of ether oxygens (including phenoxy) is 1. The monoisotopic (exact) mass is 488 g/mol. The molecule has 34 heavy (non-hydrogen) atoms. The summed E-state index contributed by atoms with van der Waals surface area (Å²) in [5.74, 6) is 0.0785. The highest BCUT2D eigenvalue weighted by Crippen LogP contribution is 2.37. The van der Waals surface area contributed by atoms with Crippen LogP contribution >= 0.6 is 24.0 Å². The second-order valence-corrected chi connectivity index (χ2v) is 9.65. The van der Waals surface area contributed by atoms with E-state index in [0.29, 0.717) is 20.5 Å². The van der Waals surface area contributed by atoms with Crippen molar-refractivity contribution in [1.82, 2.24) is 0 Å². The van der Waals surface area contributed by atoms with Gasteiger partial charge in [-0.15, -0.1) is 0 Å². The number of para-hydroxylation sites is 1. The van der Waals surface area contributed by atoms with Crippen molar-refractivity contribution >= 4 is 57.6 Å². The van der Waals surface area contributed by atoms with Crippen LogP contribution in [-0.4, -0.2) is 22.7 Å². The lowest BCUT2D eigenvalue weighted by Crippen LogP contribution is -2.27. The van der Waals surface area contributed by atoms with Crippen LogP contribution in [0, 0.1) is 20.8 Å². The van der Waals surface area contributed by atoms with Crippen molar-refractivity contribution in [3.05, 3.63) is 93.9 Å². The summed E-state index contributed by atoms with van der Waals surface area (Å²) in [6, 6.07) is 20.7. The average molecular weight is 489 g/mol. The van der Waals surface area contributed by atoms with Gasteiger partial charge in [0.15, 0.2) is 10.9 Å². The standard InChI is InChI=1S/C27H24N2O3S2/c1-17-11-13-21(14-12-17)29-26(31)24(34-27(29)33)15-20-8-4-5-10-23(20)32-16-25(30)28-22-9-6-7-18(2)19(22)3/h4-15H,16H2,1-3H3,(H,28,30)/b24-15-. The molecule has 0 spiro atoms. The van der Waals surface area contributed by atoms with E-state index in [-0.39, 0.29) is 18.4 Å². The fraction of sp³-hybridized carbons (Fsp3) is 0.148. The Bertz CT molecular complexity index is 1300. The van der Waals surface area contributed by atoms with Gasteiger partial charge in [0.1, 0.15) is 5.75 Å². The zero-order chi connectivity index (χ0) is 24.2. The van der Waals surface area contributed by atoms with E-state index in [9.17, 15) is 9.59 Å². The summed E-state index contributed by atoms with van der Waals surface area (Å²) in [7, 11) is 0. The van der Waals surface area contributed by atoms with Crippen molar-refractivity contribution in [3.63, 3.8) is 0 Å². The van der Waals surface area contributed by atoms with Gasteiger partial charge >= 0.3 is 0 Å². The average Bonchev–Trinajstić information content (AvgIpc) is 3.09. The van der Waals surface area contributed by atoms with Crippen molar-refractivity contribution in [2.45, 2.75) is 20.8 Å². The number of nitrogens with zero attached hydrogens (tertiary/aromatic N) is 1. The topological polar surface area (TPSA) is 58.6 Å². The molecule has 172 valence electrons. The van der Waals surface area contributed by atoms with E-state index in [0.717, 1.165) is 28.1 Å². The first-order valence-electron chi connectivity index (χ1n) is 10.8. The molecule has 0 atom stereocenters. The number of hydrogen-bond acceptors (Lipinski definition) is 5. The molecule has 1 fully saturated rings. The third-order valence-corrected chi connectivity index (χ3v) is 6.83. The third-order valence-electron chi connectivity index (χ3n) is 5.53. The van der Waals surface area contributed by atoms with Gasteiger partial charge < -0.3 is 10.1 Å². The van der Waals surface area contributed by atoms with E-state index >= 15 is 0 Å². The molecule has 1 aliphatic rings. The van der Waals surface area contributed by atoms with Gasteiger partial charge in [-0.25, -0.2) is 0 Å². The smallest absolute Gasteiger partial charge is 0.270 e. The molecule has 1 heterocycles. The van der Waals surface area contributed by atoms with E-state index < -0.39 is 0 Å². The van der Waals surface area contributed by atoms with Gasteiger partial charge in [-0.05, 0) is 62.2 Å². The van der Waals surface area contributed by atoms with Crippen molar-refractivity contribution in [3.8, 4) is 5.75 Å². The number of carbonyl (C=O) groups excluding carboxylic acids is 2. The number of aryl methyl sites for hydroxylation is 2. The van der Waals surface area contributed by atoms with Crippen molar-refractivity contribution < 1.29 is 14.3 Å². The molecule has 0 radical (unpaired) electrons. The van der Waals surface area contributed by atoms with Crippen LogP contribution in [0.2, 0.25) is 0 Å². The van der Waals surface area contributed by atoms with Crippen molar-refractivity contribution in [2.75, 3.05) is 16.8 Å². The quantitative estimate of drug-likeness (QED) is 0.339. The molecule has 1 aliphatic heterocycles. The molecule has 3 aromatic carbocycles. The largest absolute Gasteiger partial charge is 0.483 e. The molecule has 1 saturated heterocycles. The maximum Gasteiger partial charge on any atom is 0.270 e. The lowest BCUT2D eigenvalue weighted by Gasteiger charge is -2.14. The predicted octanol–water partition coefficient (Wildman–Crippen LogP) is 6.04. The number of amides is 2. The molecule has 2 amide bonds. The van der Waals surface area contributed by atoms with Crippen molar-refractivity contribution in [1.29, 1.82) is 0 Å². The number of anilines is 2. The lowest BCUT2D eigenvalue weighted by atomic mass is 10.1. The van der Waals surface area contributed by atoms with Crippen LogP contribution in [0.4, 0.5) is 11.4 Å². The Morgan fingerprint density at radius 1 is 1.03 bits per heavy atom. The molecular formula is C27H24N2O3S2. The molecule has 1 N–H and O–H groups in total. The van der Waals surface area contributed by atoms with Crippen LogP contribution in [0.3, 0.4) is 0 Å². The van der Waals surface area contributed by atoms with E-state index in [2.05, 4.69) is 5.32 Å². The van der Waals surface area contributed by atoms with Crippen LogP contribution < -0.4 is 15.0 Å². The summed E-state index contributed by atoms with van der Waals surface area (Å²) in [6.45, 7) is 5.81. The number of benzene rings is 3. The van der Waals surface area contributed by atoms with E-state index in [1.54, 1.807) is 12.1 Å². The molecule has 0 aliphatic carbocycles. The highest BCUT2D eigenvalue weighted by molar-refractivity contribution is 8.27. The summed E-state index contributed by atoms with van der Waals surface area (Å²) >= 11 is 6.72. The minimum absolute atomic E-state index is 0.150. The molecule has 0 bridgehead atoms. The normalized spacial score (nSPS) is 14.6. The first-order chi connectivity index (χ1) is 16.3.